The van der Waals surface area contributed by atoms with Crippen LogP contribution >= 0.6 is 0 Å². The van der Waals surface area contributed by atoms with Crippen LogP contribution in [0.1, 0.15) is 21.5 Å². The molecule has 5 nitrogen and oxygen atoms in total. The average molecular weight is 412 g/mol. The van der Waals surface area contributed by atoms with Crippen molar-refractivity contribution < 1.29 is 9.21 Å². The van der Waals surface area contributed by atoms with Gasteiger partial charge in [0.25, 0.3) is 5.91 Å². The summed E-state index contributed by atoms with van der Waals surface area (Å²) >= 11 is 0. The summed E-state index contributed by atoms with van der Waals surface area (Å²) in [6, 6.07) is 22.5. The van der Waals surface area contributed by atoms with E-state index in [2.05, 4.69) is 5.32 Å². The lowest BCUT2D eigenvalue weighted by Gasteiger charge is -2.13. The van der Waals surface area contributed by atoms with Gasteiger partial charge in [-0.3, -0.25) is 9.59 Å². The Labute approximate surface area is 180 Å². The molecule has 156 valence electrons. The minimum Gasteiger partial charge on any atom is -0.455 e. The smallest absolute Gasteiger partial charge is 0.255 e. The highest BCUT2D eigenvalue weighted by Crippen LogP contribution is 2.27. The Balaban J connectivity index is 1.68. The van der Waals surface area contributed by atoms with Crippen molar-refractivity contribution in [3.63, 3.8) is 0 Å². The van der Waals surface area contributed by atoms with E-state index < -0.39 is 0 Å². The van der Waals surface area contributed by atoms with E-state index in [9.17, 15) is 9.59 Å². The monoisotopic (exact) mass is 412 g/mol. The number of rotatable bonds is 5. The first kappa shape index (κ1) is 20.4. The van der Waals surface area contributed by atoms with Crippen molar-refractivity contribution >= 4 is 22.6 Å². The fraction of sp³-hybridized carbons (Fsp3) is 0.154. The van der Waals surface area contributed by atoms with E-state index in [0.717, 1.165) is 16.8 Å². The van der Waals surface area contributed by atoms with Gasteiger partial charge < -0.3 is 14.6 Å². The summed E-state index contributed by atoms with van der Waals surface area (Å²) in [7, 11) is 3.97. The third-order valence-corrected chi connectivity index (χ3v) is 5.33. The highest BCUT2D eigenvalue weighted by Gasteiger charge is 2.18. The Morgan fingerprint density at radius 1 is 0.935 bits per heavy atom. The molecule has 0 saturated heterocycles. The molecule has 1 amide bonds. The molecule has 1 aromatic heterocycles. The molecule has 0 saturated carbocycles. The number of para-hydroxylation sites is 1. The molecule has 0 unspecified atom stereocenters. The molecule has 0 spiro atoms. The molecule has 0 radical (unpaired) electrons. The first-order valence-corrected chi connectivity index (χ1v) is 10.1. The largest absolute Gasteiger partial charge is 0.455 e. The Morgan fingerprint density at radius 3 is 2.32 bits per heavy atom. The number of fused-ring (bicyclic) bond motifs is 1. The van der Waals surface area contributed by atoms with Crippen molar-refractivity contribution in [2.24, 2.45) is 0 Å². The molecule has 0 aliphatic rings. The first-order chi connectivity index (χ1) is 15.0. The number of nitrogens with zero attached hydrogens (tertiary/aromatic N) is 1. The van der Waals surface area contributed by atoms with Crippen molar-refractivity contribution in [1.29, 1.82) is 0 Å². The fourth-order valence-corrected chi connectivity index (χ4v) is 3.54. The van der Waals surface area contributed by atoms with Crippen LogP contribution in [0.25, 0.3) is 22.3 Å². The Hall–Kier alpha value is -3.86. The second-order valence-electron chi connectivity index (χ2n) is 7.68. The van der Waals surface area contributed by atoms with Crippen LogP contribution in [0.4, 0.5) is 5.69 Å². The molecule has 1 N–H and O–H groups in total. The van der Waals surface area contributed by atoms with Gasteiger partial charge in [0, 0.05) is 37.5 Å². The van der Waals surface area contributed by atoms with Crippen molar-refractivity contribution in [1.82, 2.24) is 5.32 Å². The standard InChI is InChI=1S/C26H24N2O3/c1-17-23(29)21-10-7-11-22(25(21)31-24(17)19-8-5-4-6-9-19)26(30)27-16-18-12-14-20(15-13-18)28(2)3/h4-15H,16H2,1-3H3,(H,27,30). The highest BCUT2D eigenvalue weighted by atomic mass is 16.3. The molecule has 5 heteroatoms. The minimum absolute atomic E-state index is 0.131. The minimum atomic E-state index is -0.284. The van der Waals surface area contributed by atoms with Crippen molar-refractivity contribution in [2.75, 3.05) is 19.0 Å². The molecular formula is C26H24N2O3. The number of anilines is 1. The topological polar surface area (TPSA) is 62.6 Å². The molecule has 0 atom stereocenters. The Morgan fingerprint density at radius 2 is 1.65 bits per heavy atom. The van der Waals surface area contributed by atoms with Gasteiger partial charge in [0.05, 0.1) is 10.9 Å². The number of benzene rings is 3. The highest BCUT2D eigenvalue weighted by molar-refractivity contribution is 6.05. The summed E-state index contributed by atoms with van der Waals surface area (Å²) in [4.78, 5) is 28.0. The van der Waals surface area contributed by atoms with Crippen molar-refractivity contribution in [2.45, 2.75) is 13.5 Å². The maximum absolute atomic E-state index is 13.0. The molecule has 0 aliphatic heterocycles. The zero-order valence-corrected chi connectivity index (χ0v) is 17.8. The quantitative estimate of drug-likeness (QED) is 0.513. The van der Waals surface area contributed by atoms with E-state index in [0.29, 0.717) is 34.4 Å². The van der Waals surface area contributed by atoms with E-state index in [1.54, 1.807) is 25.1 Å². The van der Waals surface area contributed by atoms with Gasteiger partial charge in [-0.15, -0.1) is 0 Å². The van der Waals surface area contributed by atoms with E-state index in [1.807, 2.05) is 73.6 Å². The van der Waals surface area contributed by atoms with E-state index in [4.69, 9.17) is 4.42 Å². The van der Waals surface area contributed by atoms with Gasteiger partial charge in [-0.2, -0.15) is 0 Å². The summed E-state index contributed by atoms with van der Waals surface area (Å²) in [6.07, 6.45) is 0. The van der Waals surface area contributed by atoms with Gasteiger partial charge in [-0.25, -0.2) is 0 Å². The predicted octanol–water partition coefficient (Wildman–Crippen LogP) is 4.76. The van der Waals surface area contributed by atoms with Gasteiger partial charge in [0.2, 0.25) is 0 Å². The molecule has 1 heterocycles. The van der Waals surface area contributed by atoms with Gasteiger partial charge >= 0.3 is 0 Å². The van der Waals surface area contributed by atoms with Crippen LogP contribution < -0.4 is 15.6 Å². The Kier molecular flexibility index (Phi) is 5.58. The van der Waals surface area contributed by atoms with Crippen LogP contribution in [0.2, 0.25) is 0 Å². The second-order valence-corrected chi connectivity index (χ2v) is 7.68. The van der Waals surface area contributed by atoms with Crippen molar-refractivity contribution in [3.05, 3.63) is 99.7 Å². The number of carbonyl (C=O) groups is 1. The SMILES string of the molecule is Cc1c(-c2ccccc2)oc2c(C(=O)NCc3ccc(N(C)C)cc3)cccc2c1=O. The normalized spacial score (nSPS) is 10.8. The number of carbonyl (C=O) groups excluding carboxylic acids is 1. The summed E-state index contributed by atoms with van der Waals surface area (Å²) in [5.41, 5.74) is 3.92. The number of hydrogen-bond acceptors (Lipinski definition) is 4. The third-order valence-electron chi connectivity index (χ3n) is 5.33. The molecule has 0 fully saturated rings. The van der Waals surface area contributed by atoms with Crippen LogP contribution in [0, 0.1) is 6.92 Å². The van der Waals surface area contributed by atoms with E-state index in [1.165, 1.54) is 0 Å². The lowest BCUT2D eigenvalue weighted by atomic mass is 10.0. The van der Waals surface area contributed by atoms with Crippen LogP contribution in [-0.4, -0.2) is 20.0 Å². The van der Waals surface area contributed by atoms with Crippen LogP contribution in [-0.2, 0) is 6.54 Å². The third kappa shape index (κ3) is 4.08. The number of nitrogens with one attached hydrogen (secondary N) is 1. The zero-order chi connectivity index (χ0) is 22.0. The maximum Gasteiger partial charge on any atom is 0.255 e. The fourth-order valence-electron chi connectivity index (χ4n) is 3.54. The van der Waals surface area contributed by atoms with E-state index >= 15 is 0 Å². The van der Waals surface area contributed by atoms with Gasteiger partial charge in [0.1, 0.15) is 5.76 Å². The number of hydrogen-bond donors (Lipinski definition) is 1. The van der Waals surface area contributed by atoms with Gasteiger partial charge in [-0.1, -0.05) is 48.5 Å². The molecule has 3 aromatic carbocycles. The van der Waals surface area contributed by atoms with Gasteiger partial charge in [-0.05, 0) is 36.8 Å². The van der Waals surface area contributed by atoms with Crippen LogP contribution in [0.15, 0.2) is 82.0 Å². The lowest BCUT2D eigenvalue weighted by Crippen LogP contribution is -2.23. The van der Waals surface area contributed by atoms with Crippen molar-refractivity contribution in [3.8, 4) is 11.3 Å². The average Bonchev–Trinajstić information content (AvgIpc) is 2.80. The second kappa shape index (κ2) is 8.48. The van der Waals surface area contributed by atoms with Crippen LogP contribution in [0.5, 0.6) is 0 Å². The van der Waals surface area contributed by atoms with Gasteiger partial charge in [0.15, 0.2) is 11.0 Å². The number of amides is 1. The Bertz CT molecular complexity index is 1290. The zero-order valence-electron chi connectivity index (χ0n) is 17.8. The maximum atomic E-state index is 13.0. The molecule has 4 aromatic rings. The van der Waals surface area contributed by atoms with E-state index in [-0.39, 0.29) is 11.3 Å². The summed E-state index contributed by atoms with van der Waals surface area (Å²) < 4.78 is 6.14. The van der Waals surface area contributed by atoms with Crippen LogP contribution in [0.3, 0.4) is 0 Å². The molecule has 31 heavy (non-hydrogen) atoms. The summed E-state index contributed by atoms with van der Waals surface area (Å²) in [6.45, 7) is 2.13. The molecule has 0 bridgehead atoms. The molecule has 0 aliphatic carbocycles. The lowest BCUT2D eigenvalue weighted by molar-refractivity contribution is 0.0951. The summed E-state index contributed by atoms with van der Waals surface area (Å²) in [5, 5.41) is 3.34. The first-order valence-electron chi connectivity index (χ1n) is 10.1. The molecular weight excluding hydrogens is 388 g/mol. The molecule has 4 rings (SSSR count). The summed E-state index contributed by atoms with van der Waals surface area (Å²) in [5.74, 6) is 0.200. The predicted molar refractivity (Wildman–Crippen MR) is 125 cm³/mol.